The predicted octanol–water partition coefficient (Wildman–Crippen LogP) is 2.94. The first-order valence-corrected chi connectivity index (χ1v) is 8.20. The quantitative estimate of drug-likeness (QED) is 0.780. The fraction of sp³-hybridized carbons (Fsp3) is 0.562. The molecule has 0 bridgehead atoms. The third kappa shape index (κ3) is 2.69. The first-order chi connectivity index (χ1) is 10.1. The number of methoxy groups -OCH3 is 1. The lowest BCUT2D eigenvalue weighted by Crippen LogP contribution is -2.51. The van der Waals surface area contributed by atoms with Crippen LogP contribution < -0.4 is 4.74 Å². The molecule has 2 aliphatic rings. The average Bonchev–Trinajstić information content (AvgIpc) is 2.80. The molecule has 0 saturated carbocycles. The minimum absolute atomic E-state index is 0.0374. The molecule has 1 heterocycles. The molecule has 0 radical (unpaired) electrons. The third-order valence-corrected chi connectivity index (χ3v) is 4.86. The van der Waals surface area contributed by atoms with E-state index in [-0.39, 0.29) is 11.9 Å². The normalized spacial score (nSPS) is 21.8. The summed E-state index contributed by atoms with van der Waals surface area (Å²) >= 11 is 3.54. The Bertz CT molecular complexity index is 555. The Morgan fingerprint density at radius 1 is 1.43 bits per heavy atom. The summed E-state index contributed by atoms with van der Waals surface area (Å²) in [6.45, 7) is 3.90. The van der Waals surface area contributed by atoms with Crippen LogP contribution in [0.5, 0.6) is 5.75 Å². The number of benzene rings is 1. The van der Waals surface area contributed by atoms with Crippen LogP contribution in [-0.4, -0.2) is 37.7 Å². The maximum Gasteiger partial charge on any atom is 0.311 e. The van der Waals surface area contributed by atoms with Gasteiger partial charge in [-0.3, -0.25) is 9.69 Å². The molecule has 1 aromatic rings. The maximum atomic E-state index is 11.7. The van der Waals surface area contributed by atoms with E-state index in [0.717, 1.165) is 36.2 Å². The number of carbonyl (C=O) groups excluding carboxylic acids is 1. The summed E-state index contributed by atoms with van der Waals surface area (Å²) in [4.78, 5) is 14.1. The van der Waals surface area contributed by atoms with Gasteiger partial charge in [-0.05, 0) is 37.5 Å². The molecular weight excluding hydrogens is 334 g/mol. The van der Waals surface area contributed by atoms with Crippen molar-refractivity contribution in [3.63, 3.8) is 0 Å². The first-order valence-electron chi connectivity index (χ1n) is 7.41. The number of aryl methyl sites for hydroxylation is 1. The molecule has 0 aromatic heterocycles. The third-order valence-electron chi connectivity index (χ3n) is 4.40. The van der Waals surface area contributed by atoms with Crippen LogP contribution in [0.2, 0.25) is 0 Å². The number of halogens is 1. The molecule has 1 aromatic carbocycles. The SMILES string of the molecule is CCOC(=O)C1CN([C@@H]2CCc3cc(Br)cc(OC)c32)C1. The molecule has 1 saturated heterocycles. The molecule has 4 nitrogen and oxygen atoms in total. The van der Waals surface area contributed by atoms with Crippen molar-refractivity contribution in [1.82, 2.24) is 4.90 Å². The fourth-order valence-electron chi connectivity index (χ4n) is 3.38. The van der Waals surface area contributed by atoms with Gasteiger partial charge in [0.25, 0.3) is 0 Å². The van der Waals surface area contributed by atoms with Crippen LogP contribution in [0, 0.1) is 5.92 Å². The number of ether oxygens (including phenoxy) is 2. The average molecular weight is 354 g/mol. The van der Waals surface area contributed by atoms with E-state index in [1.807, 2.05) is 13.0 Å². The van der Waals surface area contributed by atoms with Gasteiger partial charge in [-0.25, -0.2) is 0 Å². The second-order valence-corrected chi connectivity index (χ2v) is 6.55. The van der Waals surface area contributed by atoms with E-state index in [2.05, 4.69) is 26.9 Å². The monoisotopic (exact) mass is 353 g/mol. The standard InChI is InChI=1S/C16H20BrNO3/c1-3-21-16(19)11-8-18(9-11)13-5-4-10-6-12(17)7-14(20-2)15(10)13/h6-7,11,13H,3-5,8-9H2,1-2H3/t13-/m1/s1. The number of hydrogen-bond donors (Lipinski definition) is 0. The van der Waals surface area contributed by atoms with E-state index in [1.54, 1.807) is 7.11 Å². The van der Waals surface area contributed by atoms with Crippen molar-refractivity contribution in [3.05, 3.63) is 27.7 Å². The Morgan fingerprint density at radius 3 is 2.86 bits per heavy atom. The molecule has 1 fully saturated rings. The molecule has 0 unspecified atom stereocenters. The summed E-state index contributed by atoms with van der Waals surface area (Å²) in [7, 11) is 1.72. The lowest BCUT2D eigenvalue weighted by Gasteiger charge is -2.42. The fourth-order valence-corrected chi connectivity index (χ4v) is 3.86. The summed E-state index contributed by atoms with van der Waals surface area (Å²) in [5.74, 6) is 0.923. The molecule has 0 amide bonds. The number of esters is 1. The molecule has 5 heteroatoms. The highest BCUT2D eigenvalue weighted by Gasteiger charge is 2.41. The predicted molar refractivity (Wildman–Crippen MR) is 83.5 cm³/mol. The number of nitrogens with zero attached hydrogens (tertiary/aromatic N) is 1. The van der Waals surface area contributed by atoms with E-state index in [9.17, 15) is 4.79 Å². The molecular formula is C16H20BrNO3. The highest BCUT2D eigenvalue weighted by atomic mass is 79.9. The van der Waals surface area contributed by atoms with Gasteiger partial charge in [0.1, 0.15) is 5.75 Å². The molecule has 114 valence electrons. The van der Waals surface area contributed by atoms with Crippen molar-refractivity contribution in [2.24, 2.45) is 5.92 Å². The van der Waals surface area contributed by atoms with E-state index in [4.69, 9.17) is 9.47 Å². The number of hydrogen-bond acceptors (Lipinski definition) is 4. The van der Waals surface area contributed by atoms with Gasteiger partial charge < -0.3 is 9.47 Å². The number of rotatable bonds is 4. The van der Waals surface area contributed by atoms with Crippen molar-refractivity contribution in [3.8, 4) is 5.75 Å². The Morgan fingerprint density at radius 2 is 2.19 bits per heavy atom. The Balaban J connectivity index is 1.73. The van der Waals surface area contributed by atoms with Crippen molar-refractivity contribution >= 4 is 21.9 Å². The Labute approximate surface area is 133 Å². The zero-order valence-corrected chi connectivity index (χ0v) is 14.0. The smallest absolute Gasteiger partial charge is 0.311 e. The Kier molecular flexibility index (Phi) is 4.22. The number of fused-ring (bicyclic) bond motifs is 1. The van der Waals surface area contributed by atoms with Gasteiger partial charge in [-0.2, -0.15) is 0 Å². The van der Waals surface area contributed by atoms with Crippen LogP contribution in [0.4, 0.5) is 0 Å². The molecule has 1 aliphatic carbocycles. The molecule has 1 atom stereocenters. The number of likely N-dealkylation sites (tertiary alicyclic amines) is 1. The number of carbonyl (C=O) groups is 1. The topological polar surface area (TPSA) is 38.8 Å². The highest BCUT2D eigenvalue weighted by Crippen LogP contribution is 2.45. The summed E-state index contributed by atoms with van der Waals surface area (Å²) in [6.07, 6.45) is 2.16. The van der Waals surface area contributed by atoms with Gasteiger partial charge in [-0.15, -0.1) is 0 Å². The van der Waals surface area contributed by atoms with Crippen molar-refractivity contribution in [2.75, 3.05) is 26.8 Å². The molecule has 0 N–H and O–H groups in total. The zero-order valence-electron chi connectivity index (χ0n) is 12.4. The van der Waals surface area contributed by atoms with Crippen LogP contribution in [0.15, 0.2) is 16.6 Å². The van der Waals surface area contributed by atoms with Crippen molar-refractivity contribution < 1.29 is 14.3 Å². The minimum Gasteiger partial charge on any atom is -0.496 e. The summed E-state index contributed by atoms with van der Waals surface area (Å²) in [5, 5.41) is 0. The van der Waals surface area contributed by atoms with Crippen LogP contribution in [0.25, 0.3) is 0 Å². The van der Waals surface area contributed by atoms with Gasteiger partial charge in [0, 0.05) is 29.2 Å². The van der Waals surface area contributed by atoms with Crippen LogP contribution in [0.1, 0.15) is 30.5 Å². The van der Waals surface area contributed by atoms with Gasteiger partial charge in [0.05, 0.1) is 19.6 Å². The second-order valence-electron chi connectivity index (χ2n) is 5.64. The largest absolute Gasteiger partial charge is 0.496 e. The molecule has 3 rings (SSSR count). The minimum atomic E-state index is -0.0604. The van der Waals surface area contributed by atoms with Crippen LogP contribution in [-0.2, 0) is 16.0 Å². The van der Waals surface area contributed by atoms with E-state index in [1.165, 1.54) is 11.1 Å². The summed E-state index contributed by atoms with van der Waals surface area (Å²) < 4.78 is 11.7. The van der Waals surface area contributed by atoms with Gasteiger partial charge in [0.15, 0.2) is 0 Å². The highest BCUT2D eigenvalue weighted by molar-refractivity contribution is 9.10. The molecule has 1 aliphatic heterocycles. The van der Waals surface area contributed by atoms with Gasteiger partial charge in [-0.1, -0.05) is 15.9 Å². The van der Waals surface area contributed by atoms with Crippen molar-refractivity contribution in [2.45, 2.75) is 25.8 Å². The van der Waals surface area contributed by atoms with Crippen LogP contribution >= 0.6 is 15.9 Å². The maximum absolute atomic E-state index is 11.7. The molecule has 21 heavy (non-hydrogen) atoms. The second kappa shape index (κ2) is 5.97. The van der Waals surface area contributed by atoms with Gasteiger partial charge >= 0.3 is 5.97 Å². The zero-order chi connectivity index (χ0) is 15.0. The van der Waals surface area contributed by atoms with Gasteiger partial charge in [0.2, 0.25) is 0 Å². The first kappa shape index (κ1) is 14.9. The van der Waals surface area contributed by atoms with E-state index < -0.39 is 0 Å². The van der Waals surface area contributed by atoms with E-state index >= 15 is 0 Å². The van der Waals surface area contributed by atoms with Crippen LogP contribution in [0.3, 0.4) is 0 Å². The van der Waals surface area contributed by atoms with Crippen molar-refractivity contribution in [1.29, 1.82) is 0 Å². The van der Waals surface area contributed by atoms with E-state index in [0.29, 0.717) is 12.6 Å². The molecule has 0 spiro atoms. The summed E-state index contributed by atoms with van der Waals surface area (Å²) in [5.41, 5.74) is 2.65. The lowest BCUT2D eigenvalue weighted by atomic mass is 9.95. The Hall–Kier alpha value is -1.07. The summed E-state index contributed by atoms with van der Waals surface area (Å²) in [6, 6.07) is 4.58. The lowest BCUT2D eigenvalue weighted by molar-refractivity contribution is -0.155.